The van der Waals surface area contributed by atoms with Gasteiger partial charge in [-0.15, -0.1) is 11.3 Å². The largest absolute Gasteiger partial charge is 0.456 e. The number of para-hydroxylation sites is 1. The molecule has 0 saturated carbocycles. The van der Waals surface area contributed by atoms with Crippen molar-refractivity contribution in [2.75, 3.05) is 0 Å². The maximum atomic E-state index is 6.46. The Bertz CT molecular complexity index is 2860. The van der Waals surface area contributed by atoms with Gasteiger partial charge in [-0.1, -0.05) is 133 Å². The Balaban J connectivity index is 1.22. The molecule has 0 spiro atoms. The number of benzene rings is 7. The summed E-state index contributed by atoms with van der Waals surface area (Å²) >= 11 is 1.64. The summed E-state index contributed by atoms with van der Waals surface area (Å²) in [6.45, 7) is 0. The zero-order chi connectivity index (χ0) is 33.0. The lowest BCUT2D eigenvalue weighted by Gasteiger charge is -2.11. The van der Waals surface area contributed by atoms with Crippen LogP contribution in [0.2, 0.25) is 0 Å². The SMILES string of the molecule is c1ccc(-c2ccc3cc(-c4nc(-c5ccccc5)nc(-c5c6nc(-c7ccccc7)sc6cc6oc7ccccc7c56)n4)ccc3c2)cc1. The molecule has 0 amide bonds. The molecule has 0 unspecified atom stereocenters. The molecule has 10 aromatic rings. The van der Waals surface area contributed by atoms with Gasteiger partial charge in [0, 0.05) is 33.5 Å². The normalized spacial score (nSPS) is 11.6. The molecule has 0 fully saturated rings. The molecule has 3 heterocycles. The Hall–Kier alpha value is -6.50. The van der Waals surface area contributed by atoms with Crippen molar-refractivity contribution in [3.8, 4) is 55.9 Å². The van der Waals surface area contributed by atoms with Crippen LogP contribution in [0.5, 0.6) is 0 Å². The third-order valence-corrected chi connectivity index (χ3v) is 10.2. The third kappa shape index (κ3) is 4.85. The van der Waals surface area contributed by atoms with Crippen molar-refractivity contribution in [2.45, 2.75) is 0 Å². The molecule has 3 aromatic heterocycles. The Morgan fingerprint density at radius 2 is 1.00 bits per heavy atom. The van der Waals surface area contributed by atoms with Gasteiger partial charge in [-0.05, 0) is 40.1 Å². The molecule has 5 nitrogen and oxygen atoms in total. The van der Waals surface area contributed by atoms with E-state index in [-0.39, 0.29) is 0 Å². The first-order valence-electron chi connectivity index (χ1n) is 16.5. The lowest BCUT2D eigenvalue weighted by molar-refractivity contribution is 0.669. The third-order valence-electron chi connectivity index (χ3n) is 9.14. The van der Waals surface area contributed by atoms with Crippen molar-refractivity contribution < 1.29 is 4.42 Å². The van der Waals surface area contributed by atoms with E-state index >= 15 is 0 Å². The van der Waals surface area contributed by atoms with Gasteiger partial charge in [0.05, 0.1) is 15.8 Å². The van der Waals surface area contributed by atoms with Crippen molar-refractivity contribution >= 4 is 54.3 Å². The highest BCUT2D eigenvalue weighted by Gasteiger charge is 2.23. The average molecular weight is 659 g/mol. The first-order chi connectivity index (χ1) is 24.7. The fraction of sp³-hybridized carbons (Fsp3) is 0. The van der Waals surface area contributed by atoms with E-state index in [0.717, 1.165) is 70.2 Å². The number of rotatable bonds is 5. The van der Waals surface area contributed by atoms with Crippen LogP contribution in [0.15, 0.2) is 162 Å². The van der Waals surface area contributed by atoms with Crippen molar-refractivity contribution in [3.05, 3.63) is 158 Å². The Kier molecular flexibility index (Phi) is 6.60. The van der Waals surface area contributed by atoms with E-state index in [1.54, 1.807) is 11.3 Å². The van der Waals surface area contributed by atoms with Crippen LogP contribution in [-0.2, 0) is 0 Å². The number of hydrogen-bond acceptors (Lipinski definition) is 6. The second kappa shape index (κ2) is 11.6. The number of aromatic nitrogens is 4. The second-order valence-electron chi connectivity index (χ2n) is 12.3. The predicted molar refractivity (Wildman–Crippen MR) is 205 cm³/mol. The maximum absolute atomic E-state index is 6.46. The molecule has 0 radical (unpaired) electrons. The molecule has 0 N–H and O–H groups in total. The molecule has 10 rings (SSSR count). The highest BCUT2D eigenvalue weighted by atomic mass is 32.1. The second-order valence-corrected chi connectivity index (χ2v) is 13.3. The smallest absolute Gasteiger partial charge is 0.167 e. The zero-order valence-corrected chi connectivity index (χ0v) is 27.4. The number of thiazole rings is 1. The molecule has 0 atom stereocenters. The van der Waals surface area contributed by atoms with Crippen LogP contribution in [0.1, 0.15) is 0 Å². The van der Waals surface area contributed by atoms with Crippen LogP contribution < -0.4 is 0 Å². The van der Waals surface area contributed by atoms with Crippen LogP contribution in [0.25, 0.3) is 98.8 Å². The van der Waals surface area contributed by atoms with Crippen molar-refractivity contribution in [1.29, 1.82) is 0 Å². The molecule has 0 aliphatic carbocycles. The predicted octanol–water partition coefficient (Wildman–Crippen LogP) is 11.9. The summed E-state index contributed by atoms with van der Waals surface area (Å²) in [5.74, 6) is 1.75. The molecule has 6 heteroatoms. The molecular formula is C44H26N4OS. The van der Waals surface area contributed by atoms with Crippen LogP contribution in [0.4, 0.5) is 0 Å². The van der Waals surface area contributed by atoms with Gasteiger partial charge in [0.1, 0.15) is 16.2 Å². The van der Waals surface area contributed by atoms with E-state index in [0.29, 0.717) is 17.5 Å². The van der Waals surface area contributed by atoms with Crippen molar-refractivity contribution in [3.63, 3.8) is 0 Å². The maximum Gasteiger partial charge on any atom is 0.167 e. The van der Waals surface area contributed by atoms with E-state index in [9.17, 15) is 0 Å². The Labute approximate surface area is 291 Å². The van der Waals surface area contributed by atoms with Crippen LogP contribution >= 0.6 is 11.3 Å². The first-order valence-corrected chi connectivity index (χ1v) is 17.3. The van der Waals surface area contributed by atoms with Crippen LogP contribution in [0.3, 0.4) is 0 Å². The highest BCUT2D eigenvalue weighted by Crippen LogP contribution is 2.44. The fourth-order valence-electron chi connectivity index (χ4n) is 6.72. The lowest BCUT2D eigenvalue weighted by atomic mass is 10.00. The standard InChI is InChI=1S/C44H26N4OS/c1-4-12-27(13-5-1)30-20-21-32-25-33(23-22-31(32)24-30)42-46-41(28-14-6-2-7-15-28)47-43(48-42)39-38-34-18-10-11-19-35(34)49-36(38)26-37-40(39)45-44(50-37)29-16-8-3-9-17-29/h1-26H. The number of hydrogen-bond donors (Lipinski definition) is 0. The highest BCUT2D eigenvalue weighted by molar-refractivity contribution is 7.21. The summed E-state index contributed by atoms with van der Waals surface area (Å²) in [7, 11) is 0. The quantitative estimate of drug-likeness (QED) is 0.184. The average Bonchev–Trinajstić information content (AvgIpc) is 3.79. The molecule has 50 heavy (non-hydrogen) atoms. The Morgan fingerprint density at radius 1 is 0.420 bits per heavy atom. The minimum atomic E-state index is 0.556. The first kappa shape index (κ1) is 28.5. The lowest BCUT2D eigenvalue weighted by Crippen LogP contribution is -2.01. The van der Waals surface area contributed by atoms with Crippen molar-refractivity contribution in [1.82, 2.24) is 19.9 Å². The van der Waals surface area contributed by atoms with Gasteiger partial charge in [-0.3, -0.25) is 0 Å². The zero-order valence-electron chi connectivity index (χ0n) is 26.6. The summed E-state index contributed by atoms with van der Waals surface area (Å²) in [5.41, 5.74) is 8.54. The molecule has 0 aliphatic heterocycles. The van der Waals surface area contributed by atoms with Gasteiger partial charge in [-0.25, -0.2) is 19.9 Å². The molecular weight excluding hydrogens is 633 g/mol. The summed E-state index contributed by atoms with van der Waals surface area (Å²) in [5, 5.41) is 5.14. The van der Waals surface area contributed by atoms with E-state index < -0.39 is 0 Å². The van der Waals surface area contributed by atoms with Gasteiger partial charge in [0.2, 0.25) is 0 Å². The van der Waals surface area contributed by atoms with Gasteiger partial charge in [0.25, 0.3) is 0 Å². The van der Waals surface area contributed by atoms with Crippen LogP contribution in [-0.4, -0.2) is 19.9 Å². The summed E-state index contributed by atoms with van der Waals surface area (Å²) < 4.78 is 7.47. The van der Waals surface area contributed by atoms with Gasteiger partial charge in [-0.2, -0.15) is 0 Å². The summed E-state index contributed by atoms with van der Waals surface area (Å²) in [4.78, 5) is 20.7. The van der Waals surface area contributed by atoms with E-state index in [2.05, 4.69) is 84.9 Å². The Morgan fingerprint density at radius 3 is 1.74 bits per heavy atom. The van der Waals surface area contributed by atoms with E-state index in [1.807, 2.05) is 72.8 Å². The van der Waals surface area contributed by atoms with E-state index in [4.69, 9.17) is 24.4 Å². The van der Waals surface area contributed by atoms with Gasteiger partial charge < -0.3 is 4.42 Å². The molecule has 234 valence electrons. The number of nitrogens with zero attached hydrogens (tertiary/aromatic N) is 4. The fourth-order valence-corrected chi connectivity index (χ4v) is 7.73. The molecule has 0 aliphatic rings. The minimum Gasteiger partial charge on any atom is -0.456 e. The molecule has 7 aromatic carbocycles. The van der Waals surface area contributed by atoms with Crippen LogP contribution in [0, 0.1) is 0 Å². The van der Waals surface area contributed by atoms with Gasteiger partial charge in [0.15, 0.2) is 17.5 Å². The topological polar surface area (TPSA) is 64.7 Å². The van der Waals surface area contributed by atoms with E-state index in [1.165, 1.54) is 11.1 Å². The van der Waals surface area contributed by atoms with Gasteiger partial charge >= 0.3 is 0 Å². The molecule has 0 bridgehead atoms. The monoisotopic (exact) mass is 658 g/mol. The van der Waals surface area contributed by atoms with Crippen molar-refractivity contribution in [2.24, 2.45) is 0 Å². The summed E-state index contributed by atoms with van der Waals surface area (Å²) in [6, 6.07) is 54.0. The number of fused-ring (bicyclic) bond motifs is 5. The number of furan rings is 1. The minimum absolute atomic E-state index is 0.556. The summed E-state index contributed by atoms with van der Waals surface area (Å²) in [6.07, 6.45) is 0. The molecule has 0 saturated heterocycles.